The first-order chi connectivity index (χ1) is 16.3. The van der Waals surface area contributed by atoms with E-state index in [0.29, 0.717) is 6.42 Å². The number of benzene rings is 1. The number of nitro benzene ring substituents is 1. The summed E-state index contributed by atoms with van der Waals surface area (Å²) in [6, 6.07) is 3.87. The molecule has 11 nitrogen and oxygen atoms in total. The summed E-state index contributed by atoms with van der Waals surface area (Å²) in [5, 5.41) is 13.6. The molecule has 0 bridgehead atoms. The lowest BCUT2D eigenvalue weighted by molar-refractivity contribution is -0.384. The Hall–Kier alpha value is -3.76. The molecule has 1 heterocycles. The highest BCUT2D eigenvalue weighted by molar-refractivity contribution is 5.97. The highest BCUT2D eigenvalue weighted by atomic mass is 16.6. The lowest BCUT2D eigenvalue weighted by Crippen LogP contribution is -2.53. The molecule has 2 aliphatic rings. The van der Waals surface area contributed by atoms with E-state index in [2.05, 4.69) is 11.9 Å². The molecule has 1 aromatic carbocycles. The number of carbonyl (C=O) groups excluding carboxylic acids is 4. The number of Topliss-reactive ketones (excluding diaryl/α,β-unsaturated/α-hetero) is 1. The number of nitrogens with zero attached hydrogens (tertiary/aromatic N) is 2. The van der Waals surface area contributed by atoms with E-state index in [1.54, 1.807) is 26.8 Å². The molecule has 3 rings (SSSR count). The van der Waals surface area contributed by atoms with Crippen molar-refractivity contribution < 1.29 is 33.6 Å². The van der Waals surface area contributed by atoms with Crippen molar-refractivity contribution in [3.05, 3.63) is 52.6 Å². The molecule has 35 heavy (non-hydrogen) atoms. The van der Waals surface area contributed by atoms with Gasteiger partial charge in [-0.05, 0) is 46.2 Å². The van der Waals surface area contributed by atoms with Crippen LogP contribution in [-0.2, 0) is 19.1 Å². The molecule has 1 aliphatic carbocycles. The van der Waals surface area contributed by atoms with Crippen LogP contribution >= 0.6 is 0 Å². The van der Waals surface area contributed by atoms with Crippen molar-refractivity contribution in [2.45, 2.75) is 63.8 Å². The molecule has 1 aliphatic heterocycles. The number of non-ortho nitro benzene ring substituents is 1. The van der Waals surface area contributed by atoms with Crippen LogP contribution in [0, 0.1) is 16.0 Å². The Labute approximate surface area is 202 Å². The third-order valence-electron chi connectivity index (χ3n) is 6.05. The van der Waals surface area contributed by atoms with E-state index in [1.807, 2.05) is 0 Å². The first kappa shape index (κ1) is 25.9. The van der Waals surface area contributed by atoms with E-state index in [-0.39, 0.29) is 35.9 Å². The van der Waals surface area contributed by atoms with E-state index < -0.39 is 46.2 Å². The van der Waals surface area contributed by atoms with Crippen LogP contribution in [0.25, 0.3) is 0 Å². The lowest BCUT2D eigenvalue weighted by Gasteiger charge is -2.28. The molecule has 188 valence electrons. The molecule has 0 unspecified atom stereocenters. The second-order valence-corrected chi connectivity index (χ2v) is 9.78. The van der Waals surface area contributed by atoms with E-state index in [4.69, 9.17) is 9.47 Å². The zero-order chi connectivity index (χ0) is 26.1. The highest BCUT2D eigenvalue weighted by Crippen LogP contribution is 2.45. The van der Waals surface area contributed by atoms with Gasteiger partial charge in [-0.15, -0.1) is 6.58 Å². The molecule has 2 amide bonds. The topological polar surface area (TPSA) is 145 Å². The third-order valence-corrected chi connectivity index (χ3v) is 6.05. The Morgan fingerprint density at radius 1 is 1.23 bits per heavy atom. The zero-order valence-electron chi connectivity index (χ0n) is 20.1. The standard InChI is InChI=1S/C24H29N3O8/c1-6-16-12-24(16,14(2)28)25-20(29)19-11-18(13-26(19)22(31)35-23(3,4)5)34-21(30)15-7-9-17(10-8-15)27(32)33/h6-10,16,18-19H,1,11-13H2,2-5H3,(H,25,29)/t16-,18+,19+,24+/m1/s1. The quantitative estimate of drug-likeness (QED) is 0.267. The molecule has 1 aromatic rings. The van der Waals surface area contributed by atoms with E-state index in [9.17, 15) is 29.3 Å². The van der Waals surface area contributed by atoms with Crippen molar-refractivity contribution >= 4 is 29.4 Å². The van der Waals surface area contributed by atoms with Gasteiger partial charge in [0.1, 0.15) is 23.3 Å². The van der Waals surface area contributed by atoms with Gasteiger partial charge in [-0.1, -0.05) is 6.08 Å². The number of nitrogens with one attached hydrogen (secondary N) is 1. The van der Waals surface area contributed by atoms with Crippen LogP contribution in [0.4, 0.5) is 10.5 Å². The van der Waals surface area contributed by atoms with Gasteiger partial charge in [-0.3, -0.25) is 24.6 Å². The fourth-order valence-corrected chi connectivity index (χ4v) is 4.10. The maximum absolute atomic E-state index is 13.2. The normalized spacial score (nSPS) is 25.4. The number of esters is 1. The molecular formula is C24H29N3O8. The number of hydrogen-bond acceptors (Lipinski definition) is 8. The molecule has 1 saturated heterocycles. The maximum atomic E-state index is 13.2. The number of ether oxygens (including phenoxy) is 2. The summed E-state index contributed by atoms with van der Waals surface area (Å²) in [6.45, 7) is 10.0. The number of ketones is 1. The number of nitro groups is 1. The van der Waals surface area contributed by atoms with Crippen molar-refractivity contribution in [2.75, 3.05) is 6.54 Å². The van der Waals surface area contributed by atoms with E-state index in [0.717, 1.165) is 0 Å². The van der Waals surface area contributed by atoms with E-state index >= 15 is 0 Å². The molecule has 1 saturated carbocycles. The van der Waals surface area contributed by atoms with Crippen molar-refractivity contribution in [3.8, 4) is 0 Å². The van der Waals surface area contributed by atoms with Crippen LogP contribution < -0.4 is 5.32 Å². The van der Waals surface area contributed by atoms with Crippen LogP contribution in [0.15, 0.2) is 36.9 Å². The van der Waals surface area contributed by atoms with Crippen molar-refractivity contribution in [2.24, 2.45) is 5.92 Å². The van der Waals surface area contributed by atoms with Crippen molar-refractivity contribution in [1.82, 2.24) is 10.2 Å². The Bertz CT molecular complexity index is 1060. The molecular weight excluding hydrogens is 458 g/mol. The van der Waals surface area contributed by atoms with Crippen LogP contribution in [-0.4, -0.2) is 63.4 Å². The monoisotopic (exact) mass is 487 g/mol. The average Bonchev–Trinajstić information content (AvgIpc) is 3.32. The summed E-state index contributed by atoms with van der Waals surface area (Å²) in [5.74, 6) is -1.71. The van der Waals surface area contributed by atoms with Crippen LogP contribution in [0.3, 0.4) is 0 Å². The van der Waals surface area contributed by atoms with Crippen LogP contribution in [0.5, 0.6) is 0 Å². The molecule has 4 atom stereocenters. The van der Waals surface area contributed by atoms with Gasteiger partial charge in [-0.2, -0.15) is 0 Å². The maximum Gasteiger partial charge on any atom is 0.411 e. The predicted octanol–water partition coefficient (Wildman–Crippen LogP) is 2.78. The largest absolute Gasteiger partial charge is 0.457 e. The summed E-state index contributed by atoms with van der Waals surface area (Å²) in [6.07, 6.45) is 0.450. The van der Waals surface area contributed by atoms with Crippen molar-refractivity contribution in [3.63, 3.8) is 0 Å². The Morgan fingerprint density at radius 2 is 1.86 bits per heavy atom. The smallest absolute Gasteiger partial charge is 0.411 e. The van der Waals surface area contributed by atoms with Gasteiger partial charge >= 0.3 is 12.1 Å². The number of hydrogen-bond donors (Lipinski definition) is 1. The summed E-state index contributed by atoms with van der Waals surface area (Å²) in [5.41, 5.74) is -1.95. The first-order valence-corrected chi connectivity index (χ1v) is 11.2. The second-order valence-electron chi connectivity index (χ2n) is 9.78. The number of likely N-dealkylation sites (tertiary alicyclic amines) is 1. The van der Waals surface area contributed by atoms with Gasteiger partial charge in [0.25, 0.3) is 5.69 Å². The van der Waals surface area contributed by atoms with Gasteiger partial charge in [0.15, 0.2) is 5.78 Å². The van der Waals surface area contributed by atoms with E-state index in [1.165, 1.54) is 36.1 Å². The minimum atomic E-state index is -1.05. The SMILES string of the molecule is C=C[C@@H]1C[C@]1(NC(=O)[C@@H]1C[C@H](OC(=O)c2ccc([N+](=O)[O-])cc2)CN1C(=O)OC(C)(C)C)C(C)=O. The zero-order valence-corrected chi connectivity index (χ0v) is 20.1. The molecule has 0 aromatic heterocycles. The molecule has 0 spiro atoms. The first-order valence-electron chi connectivity index (χ1n) is 11.2. The van der Waals surface area contributed by atoms with Gasteiger partial charge < -0.3 is 14.8 Å². The Kier molecular flexibility index (Phi) is 7.00. The Morgan fingerprint density at radius 3 is 2.34 bits per heavy atom. The van der Waals surface area contributed by atoms with Gasteiger partial charge in [0.05, 0.1) is 17.0 Å². The lowest BCUT2D eigenvalue weighted by atomic mass is 10.1. The highest BCUT2D eigenvalue weighted by Gasteiger charge is 2.58. The number of amides is 2. The third kappa shape index (κ3) is 5.67. The summed E-state index contributed by atoms with van der Waals surface area (Å²) in [4.78, 5) is 62.3. The predicted molar refractivity (Wildman–Crippen MR) is 124 cm³/mol. The second kappa shape index (κ2) is 9.47. The number of rotatable bonds is 7. The molecule has 0 radical (unpaired) electrons. The molecule has 2 fully saturated rings. The van der Waals surface area contributed by atoms with Crippen molar-refractivity contribution in [1.29, 1.82) is 0 Å². The minimum absolute atomic E-state index is 0.00343. The van der Waals surface area contributed by atoms with Gasteiger partial charge in [0, 0.05) is 24.5 Å². The average molecular weight is 488 g/mol. The van der Waals surface area contributed by atoms with Crippen LogP contribution in [0.2, 0.25) is 0 Å². The fourth-order valence-electron chi connectivity index (χ4n) is 4.10. The van der Waals surface area contributed by atoms with Crippen LogP contribution in [0.1, 0.15) is 50.9 Å². The summed E-state index contributed by atoms with van der Waals surface area (Å²) < 4.78 is 10.9. The molecule has 1 N–H and O–H groups in total. The van der Waals surface area contributed by atoms with Gasteiger partial charge in [0.2, 0.25) is 5.91 Å². The summed E-state index contributed by atoms with van der Waals surface area (Å²) >= 11 is 0. The molecule has 11 heteroatoms. The minimum Gasteiger partial charge on any atom is -0.457 e. The van der Waals surface area contributed by atoms with Gasteiger partial charge in [-0.25, -0.2) is 9.59 Å². The fraction of sp³-hybridized carbons (Fsp3) is 0.500. The Balaban J connectivity index is 1.76. The number of carbonyl (C=O) groups is 4. The summed E-state index contributed by atoms with van der Waals surface area (Å²) in [7, 11) is 0.